The number of aromatic amines is 1. The van der Waals surface area contributed by atoms with Gasteiger partial charge in [0, 0.05) is 11.6 Å². The van der Waals surface area contributed by atoms with Gasteiger partial charge in [-0.3, -0.25) is 10.1 Å². The maximum Gasteiger partial charge on any atom is 0.312 e. The lowest BCUT2D eigenvalue weighted by atomic mass is 10.2. The molecule has 0 saturated carbocycles. The molecule has 0 aliphatic heterocycles. The Labute approximate surface area is 121 Å². The summed E-state index contributed by atoms with van der Waals surface area (Å²) in [6, 6.07) is 10.3. The highest BCUT2D eigenvalue weighted by Gasteiger charge is 2.19. The summed E-state index contributed by atoms with van der Waals surface area (Å²) in [5, 5.41) is 20.6. The van der Waals surface area contributed by atoms with Crippen molar-refractivity contribution in [1.29, 1.82) is 0 Å². The third kappa shape index (κ3) is 2.01. The number of aromatic hydroxyl groups is 1. The topological polar surface area (TPSA) is 92.0 Å². The van der Waals surface area contributed by atoms with Crippen LogP contribution in [-0.4, -0.2) is 20.0 Å². The number of para-hydroxylation sites is 2. The summed E-state index contributed by atoms with van der Waals surface area (Å²) in [4.78, 5) is 17.8. The fourth-order valence-corrected chi connectivity index (χ4v) is 2.40. The average Bonchev–Trinajstić information content (AvgIpc) is 2.85. The SMILES string of the molecule is O=[N+]([O-])c1cc(-c2nc3ccccc3[nH]2)cc(Br)c1O. The summed E-state index contributed by atoms with van der Waals surface area (Å²) < 4.78 is 0.252. The minimum Gasteiger partial charge on any atom is -0.501 e. The fourth-order valence-electron chi connectivity index (χ4n) is 1.95. The molecule has 7 heteroatoms. The minimum atomic E-state index is -0.633. The number of H-pyrrole nitrogens is 1. The summed E-state index contributed by atoms with van der Waals surface area (Å²) in [5.74, 6) is 0.116. The Morgan fingerprint density at radius 1 is 1.30 bits per heavy atom. The Balaban J connectivity index is 2.21. The summed E-state index contributed by atoms with van der Waals surface area (Å²) >= 11 is 3.11. The van der Waals surface area contributed by atoms with E-state index in [9.17, 15) is 15.2 Å². The highest BCUT2D eigenvalue weighted by Crippen LogP contribution is 2.37. The molecule has 1 heterocycles. The third-order valence-corrected chi connectivity index (χ3v) is 3.51. The summed E-state index contributed by atoms with van der Waals surface area (Å²) in [6.45, 7) is 0. The van der Waals surface area contributed by atoms with Crippen LogP contribution in [-0.2, 0) is 0 Å². The van der Waals surface area contributed by atoms with Crippen LogP contribution >= 0.6 is 15.9 Å². The standard InChI is InChI=1S/C13H8BrN3O3/c14-8-5-7(6-11(12(8)18)17(19)20)13-15-9-3-1-2-4-10(9)16-13/h1-6,18H,(H,15,16). The van der Waals surface area contributed by atoms with Gasteiger partial charge in [0.05, 0.1) is 20.4 Å². The predicted molar refractivity (Wildman–Crippen MR) is 77.5 cm³/mol. The molecular weight excluding hydrogens is 326 g/mol. The van der Waals surface area contributed by atoms with E-state index in [2.05, 4.69) is 25.9 Å². The number of nitro benzene ring substituents is 1. The molecule has 0 amide bonds. The number of rotatable bonds is 2. The van der Waals surface area contributed by atoms with E-state index >= 15 is 0 Å². The van der Waals surface area contributed by atoms with Crippen molar-refractivity contribution in [2.45, 2.75) is 0 Å². The number of phenolic OH excluding ortho intramolecular Hbond substituents is 1. The normalized spacial score (nSPS) is 10.8. The monoisotopic (exact) mass is 333 g/mol. The van der Waals surface area contributed by atoms with Crippen LogP contribution in [0.1, 0.15) is 0 Å². The van der Waals surface area contributed by atoms with E-state index in [0.717, 1.165) is 11.0 Å². The number of hydrogen-bond donors (Lipinski definition) is 2. The number of aromatic nitrogens is 2. The Morgan fingerprint density at radius 2 is 2.05 bits per heavy atom. The van der Waals surface area contributed by atoms with E-state index in [1.807, 2.05) is 24.3 Å². The zero-order valence-corrected chi connectivity index (χ0v) is 11.6. The number of fused-ring (bicyclic) bond motifs is 1. The van der Waals surface area contributed by atoms with Gasteiger partial charge < -0.3 is 10.1 Å². The first kappa shape index (κ1) is 12.6. The highest BCUT2D eigenvalue weighted by atomic mass is 79.9. The number of nitro groups is 1. The summed E-state index contributed by atoms with van der Waals surface area (Å²) in [6.07, 6.45) is 0. The largest absolute Gasteiger partial charge is 0.501 e. The van der Waals surface area contributed by atoms with Gasteiger partial charge in [0.2, 0.25) is 5.75 Å². The first-order valence-corrected chi connectivity index (χ1v) is 6.47. The molecule has 3 aromatic rings. The van der Waals surface area contributed by atoms with Crippen molar-refractivity contribution in [1.82, 2.24) is 9.97 Å². The van der Waals surface area contributed by atoms with Crippen molar-refractivity contribution in [2.75, 3.05) is 0 Å². The first-order valence-electron chi connectivity index (χ1n) is 5.68. The highest BCUT2D eigenvalue weighted by molar-refractivity contribution is 9.10. The number of nitrogens with zero attached hydrogens (tertiary/aromatic N) is 2. The molecule has 0 fully saturated rings. The van der Waals surface area contributed by atoms with Gasteiger partial charge in [-0.2, -0.15) is 0 Å². The van der Waals surface area contributed by atoms with Crippen molar-refractivity contribution in [3.8, 4) is 17.1 Å². The molecule has 100 valence electrons. The van der Waals surface area contributed by atoms with E-state index in [0.29, 0.717) is 11.4 Å². The molecule has 2 aromatic carbocycles. The van der Waals surface area contributed by atoms with Crippen molar-refractivity contribution in [3.05, 3.63) is 51.0 Å². The Morgan fingerprint density at radius 3 is 2.75 bits per heavy atom. The van der Waals surface area contributed by atoms with Crippen molar-refractivity contribution >= 4 is 32.7 Å². The van der Waals surface area contributed by atoms with Crippen LogP contribution in [0.15, 0.2) is 40.9 Å². The van der Waals surface area contributed by atoms with Gasteiger partial charge in [-0.1, -0.05) is 12.1 Å². The van der Waals surface area contributed by atoms with Crippen molar-refractivity contribution in [2.24, 2.45) is 0 Å². The predicted octanol–water partition coefficient (Wildman–Crippen LogP) is 3.61. The van der Waals surface area contributed by atoms with Crippen LogP contribution in [0.25, 0.3) is 22.4 Å². The van der Waals surface area contributed by atoms with Crippen LogP contribution in [0.2, 0.25) is 0 Å². The molecule has 2 N–H and O–H groups in total. The molecule has 0 bridgehead atoms. The Hall–Kier alpha value is -2.41. The quantitative estimate of drug-likeness (QED) is 0.553. The van der Waals surface area contributed by atoms with Crippen LogP contribution < -0.4 is 0 Å². The van der Waals surface area contributed by atoms with E-state index in [1.54, 1.807) is 6.07 Å². The lowest BCUT2D eigenvalue weighted by Gasteiger charge is -2.02. The number of hydrogen-bond acceptors (Lipinski definition) is 4. The Bertz CT molecular complexity index is 796. The summed E-state index contributed by atoms with van der Waals surface area (Å²) in [7, 11) is 0. The van der Waals surface area contributed by atoms with Crippen molar-refractivity contribution in [3.63, 3.8) is 0 Å². The summed E-state index contributed by atoms with van der Waals surface area (Å²) in [5.41, 5.74) is 1.77. The number of phenols is 1. The second-order valence-electron chi connectivity index (χ2n) is 4.19. The van der Waals surface area contributed by atoms with E-state index in [-0.39, 0.29) is 10.2 Å². The van der Waals surface area contributed by atoms with Crippen LogP contribution in [0.5, 0.6) is 5.75 Å². The average molecular weight is 334 g/mol. The van der Waals surface area contributed by atoms with Gasteiger partial charge in [0.1, 0.15) is 5.82 Å². The number of halogens is 1. The molecule has 0 atom stereocenters. The lowest BCUT2D eigenvalue weighted by molar-refractivity contribution is -0.385. The molecular formula is C13H8BrN3O3. The molecule has 0 radical (unpaired) electrons. The van der Waals surface area contributed by atoms with E-state index in [4.69, 9.17) is 0 Å². The van der Waals surface area contributed by atoms with Gasteiger partial charge >= 0.3 is 5.69 Å². The number of nitrogens with one attached hydrogen (secondary N) is 1. The molecule has 6 nitrogen and oxygen atoms in total. The van der Waals surface area contributed by atoms with Crippen LogP contribution in [0.3, 0.4) is 0 Å². The second kappa shape index (κ2) is 4.61. The molecule has 0 aliphatic carbocycles. The van der Waals surface area contributed by atoms with E-state index < -0.39 is 10.7 Å². The Kier molecular flexibility index (Phi) is 2.90. The first-order chi connectivity index (χ1) is 9.56. The zero-order valence-electron chi connectivity index (χ0n) is 10.0. The van der Waals surface area contributed by atoms with Gasteiger partial charge in [-0.25, -0.2) is 4.98 Å². The maximum absolute atomic E-state index is 10.9. The smallest absolute Gasteiger partial charge is 0.312 e. The molecule has 3 rings (SSSR count). The molecule has 0 spiro atoms. The maximum atomic E-state index is 10.9. The number of benzene rings is 2. The van der Waals surface area contributed by atoms with Gasteiger partial charge in [0.25, 0.3) is 0 Å². The molecule has 0 unspecified atom stereocenters. The van der Waals surface area contributed by atoms with Crippen LogP contribution in [0, 0.1) is 10.1 Å². The molecule has 0 aliphatic rings. The number of imidazole rings is 1. The van der Waals surface area contributed by atoms with Gasteiger partial charge in [0.15, 0.2) is 0 Å². The second-order valence-corrected chi connectivity index (χ2v) is 5.04. The fraction of sp³-hybridized carbons (Fsp3) is 0. The van der Waals surface area contributed by atoms with Gasteiger partial charge in [-0.05, 0) is 34.1 Å². The van der Waals surface area contributed by atoms with Crippen LogP contribution in [0.4, 0.5) is 5.69 Å². The van der Waals surface area contributed by atoms with E-state index in [1.165, 1.54) is 6.07 Å². The van der Waals surface area contributed by atoms with Gasteiger partial charge in [-0.15, -0.1) is 0 Å². The third-order valence-electron chi connectivity index (χ3n) is 2.90. The molecule has 20 heavy (non-hydrogen) atoms. The minimum absolute atomic E-state index is 0.252. The molecule has 1 aromatic heterocycles. The zero-order chi connectivity index (χ0) is 14.3. The lowest BCUT2D eigenvalue weighted by Crippen LogP contribution is -1.91. The molecule has 0 saturated heterocycles. The van der Waals surface area contributed by atoms with Crippen molar-refractivity contribution < 1.29 is 10.0 Å².